The average Bonchev–Trinajstić information content (AvgIpc) is 2.37. The monoisotopic (exact) mass is 407 g/mol. The van der Waals surface area contributed by atoms with Gasteiger partial charge in [-0.2, -0.15) is 0 Å². The van der Waals surface area contributed by atoms with Gasteiger partial charge in [-0.25, -0.2) is 9.78 Å². The van der Waals surface area contributed by atoms with E-state index < -0.39 is 12.0 Å². The number of aliphatic carboxylic acids is 1. The maximum atomic E-state index is 10.8. The van der Waals surface area contributed by atoms with Crippen molar-refractivity contribution in [1.82, 2.24) is 9.55 Å². The number of hydrogen-bond donors (Lipinski definition) is 2. The van der Waals surface area contributed by atoms with E-state index in [0.717, 1.165) is 7.40 Å². The quantitative estimate of drug-likeness (QED) is 0.723. The molecule has 3 N–H and O–H groups in total. The molecule has 13 heavy (non-hydrogen) atoms. The summed E-state index contributed by atoms with van der Waals surface area (Å²) in [4.78, 5) is 14.7. The molecule has 0 aromatic carbocycles. The van der Waals surface area contributed by atoms with E-state index in [1.807, 2.05) is 45.2 Å². The molecule has 1 aromatic rings. The Morgan fingerprint density at radius 1 is 1.77 bits per heavy atom. The molecule has 0 spiro atoms. The van der Waals surface area contributed by atoms with Crippen LogP contribution in [0.1, 0.15) is 6.04 Å². The molecule has 0 saturated carbocycles. The number of carbonyl (C=O) groups is 1. The maximum absolute atomic E-state index is 10.8. The lowest BCUT2D eigenvalue weighted by molar-refractivity contribution is -0.140. The number of imidazole rings is 1. The van der Waals surface area contributed by atoms with Gasteiger partial charge in [0, 0.05) is 6.54 Å². The number of hydrogen-bond acceptors (Lipinski definition) is 3. The molecule has 1 aromatic heterocycles. The summed E-state index contributed by atoms with van der Waals surface area (Å²) in [6, 6.07) is -0.720. The van der Waals surface area contributed by atoms with Gasteiger partial charge >= 0.3 is 5.97 Å². The van der Waals surface area contributed by atoms with Crippen molar-refractivity contribution in [3.63, 3.8) is 0 Å². The zero-order valence-electron chi connectivity index (χ0n) is 6.44. The van der Waals surface area contributed by atoms with Crippen LogP contribution in [0.25, 0.3) is 0 Å². The Kier molecular flexibility index (Phi) is 3.91. The third-order valence-electron chi connectivity index (χ3n) is 1.54. The number of rotatable bonds is 3. The summed E-state index contributed by atoms with van der Waals surface area (Å²) in [6.07, 6.45) is 1.50. The van der Waals surface area contributed by atoms with Crippen molar-refractivity contribution >= 4 is 51.2 Å². The minimum absolute atomic E-state index is 0.0672. The second kappa shape index (κ2) is 4.55. The first kappa shape index (κ1) is 11.2. The first-order valence-corrected chi connectivity index (χ1v) is 5.54. The van der Waals surface area contributed by atoms with E-state index in [-0.39, 0.29) is 6.54 Å². The normalized spacial score (nSPS) is 12.8. The summed E-state index contributed by atoms with van der Waals surface area (Å²) in [5, 5.41) is 8.83. The summed E-state index contributed by atoms with van der Waals surface area (Å²) in [5.41, 5.74) is 5.35. The number of nitrogens with zero attached hydrogens (tertiary/aromatic N) is 2. The van der Waals surface area contributed by atoms with E-state index in [9.17, 15) is 4.79 Å². The molecule has 0 aliphatic rings. The number of carboxylic acid groups (broad SMARTS) is 1. The fourth-order valence-corrected chi connectivity index (χ4v) is 1.88. The number of halogens is 2. The van der Waals surface area contributed by atoms with Crippen LogP contribution in [0.3, 0.4) is 0 Å². The summed E-state index contributed by atoms with van der Waals surface area (Å²) in [6.45, 7) is 0.0672. The third-order valence-corrected chi connectivity index (χ3v) is 4.43. The molecule has 1 atom stereocenters. The van der Waals surface area contributed by atoms with Crippen LogP contribution in [0.4, 0.5) is 0 Å². The highest BCUT2D eigenvalue weighted by Crippen LogP contribution is 2.17. The lowest BCUT2D eigenvalue weighted by Gasteiger charge is -2.11. The number of nitrogens with two attached hydrogens (primary N) is 1. The van der Waals surface area contributed by atoms with Crippen LogP contribution in [0, 0.1) is 7.40 Å². The van der Waals surface area contributed by atoms with Gasteiger partial charge in [-0.3, -0.25) is 0 Å². The van der Waals surface area contributed by atoms with Gasteiger partial charge in [-0.15, -0.1) is 0 Å². The summed E-state index contributed by atoms with van der Waals surface area (Å²) in [7, 11) is 0. The number of aromatic nitrogens is 2. The summed E-state index contributed by atoms with van der Waals surface area (Å²) >= 11 is 4.09. The van der Waals surface area contributed by atoms with Crippen molar-refractivity contribution in [1.29, 1.82) is 0 Å². The number of carboxylic acids is 1. The predicted octanol–water partition coefficient (Wildman–Crippen LogP) is 0.677. The van der Waals surface area contributed by atoms with Crippen molar-refractivity contribution < 1.29 is 9.90 Å². The lowest BCUT2D eigenvalue weighted by Crippen LogP contribution is -2.27. The topological polar surface area (TPSA) is 81.1 Å². The van der Waals surface area contributed by atoms with Crippen molar-refractivity contribution in [3.05, 3.63) is 13.7 Å². The van der Waals surface area contributed by atoms with E-state index in [2.05, 4.69) is 4.98 Å². The second-order valence-electron chi connectivity index (χ2n) is 2.32. The van der Waals surface area contributed by atoms with Gasteiger partial charge < -0.3 is 15.4 Å². The molecule has 0 fully saturated rings. The van der Waals surface area contributed by atoms with E-state index in [4.69, 9.17) is 10.8 Å². The summed E-state index contributed by atoms with van der Waals surface area (Å²) < 4.78 is 3.15. The van der Waals surface area contributed by atoms with Crippen molar-refractivity contribution in [2.45, 2.75) is 6.04 Å². The van der Waals surface area contributed by atoms with Crippen LogP contribution in [0.15, 0.2) is 6.33 Å². The third kappa shape index (κ3) is 2.31. The first-order valence-electron chi connectivity index (χ1n) is 3.38. The first-order chi connectivity index (χ1) is 6.07. The lowest BCUT2D eigenvalue weighted by atomic mass is 10.3. The van der Waals surface area contributed by atoms with E-state index in [1.165, 1.54) is 6.33 Å². The minimum atomic E-state index is -0.936. The molecular weight excluding hydrogens is 400 g/mol. The summed E-state index contributed by atoms with van der Waals surface area (Å²) in [5.74, 6) is -0.936. The Morgan fingerprint density at radius 2 is 2.38 bits per heavy atom. The molecular formula is C6H7I2N3O2. The van der Waals surface area contributed by atoms with Crippen LogP contribution in [-0.4, -0.2) is 27.2 Å². The largest absolute Gasteiger partial charge is 0.480 e. The van der Waals surface area contributed by atoms with Gasteiger partial charge in [0.15, 0.2) is 0 Å². The standard InChI is InChI=1S/C6H7I2N3O2/c7-4-5(8)11(2-10-4)3(1-9)6(12)13/h2-3H,1,9H2,(H,12,13). The van der Waals surface area contributed by atoms with Crippen LogP contribution in [0.5, 0.6) is 0 Å². The van der Waals surface area contributed by atoms with Gasteiger partial charge in [0.1, 0.15) is 13.4 Å². The molecule has 0 aliphatic carbocycles. The van der Waals surface area contributed by atoms with Crippen molar-refractivity contribution in [2.24, 2.45) is 5.73 Å². The molecule has 5 nitrogen and oxygen atoms in total. The highest BCUT2D eigenvalue weighted by Gasteiger charge is 2.20. The van der Waals surface area contributed by atoms with Crippen molar-refractivity contribution in [2.75, 3.05) is 6.54 Å². The molecule has 0 aliphatic heterocycles. The van der Waals surface area contributed by atoms with Crippen LogP contribution in [-0.2, 0) is 4.79 Å². The van der Waals surface area contributed by atoms with E-state index in [1.54, 1.807) is 4.57 Å². The smallest absolute Gasteiger partial charge is 0.328 e. The fourth-order valence-electron chi connectivity index (χ4n) is 0.874. The zero-order chi connectivity index (χ0) is 10.0. The molecule has 1 rings (SSSR count). The molecule has 1 heterocycles. The van der Waals surface area contributed by atoms with E-state index >= 15 is 0 Å². The maximum Gasteiger partial charge on any atom is 0.328 e. The van der Waals surface area contributed by atoms with E-state index in [0.29, 0.717) is 0 Å². The SMILES string of the molecule is NCC(C(=O)O)n1cnc(I)c1I. The van der Waals surface area contributed by atoms with Crippen LogP contribution in [0.2, 0.25) is 0 Å². The molecule has 0 amide bonds. The molecule has 72 valence electrons. The van der Waals surface area contributed by atoms with Gasteiger partial charge in [-0.05, 0) is 45.2 Å². The Balaban J connectivity index is 3.05. The Morgan fingerprint density at radius 3 is 2.69 bits per heavy atom. The van der Waals surface area contributed by atoms with Crippen LogP contribution >= 0.6 is 45.2 Å². The highest BCUT2D eigenvalue weighted by atomic mass is 127. The Labute approximate surface area is 102 Å². The fraction of sp³-hybridized carbons (Fsp3) is 0.333. The Hall–Kier alpha value is 0.100. The Bertz CT molecular complexity index is 326. The molecule has 0 bridgehead atoms. The average molecular weight is 407 g/mol. The minimum Gasteiger partial charge on any atom is -0.480 e. The highest BCUT2D eigenvalue weighted by molar-refractivity contribution is 14.1. The van der Waals surface area contributed by atoms with Gasteiger partial charge in [-0.1, -0.05) is 0 Å². The molecule has 0 radical (unpaired) electrons. The molecule has 1 unspecified atom stereocenters. The van der Waals surface area contributed by atoms with Crippen LogP contribution < -0.4 is 5.73 Å². The van der Waals surface area contributed by atoms with Gasteiger partial charge in [0.2, 0.25) is 0 Å². The molecule has 0 saturated heterocycles. The molecule has 7 heteroatoms. The van der Waals surface area contributed by atoms with Gasteiger partial charge in [0.05, 0.1) is 6.33 Å². The zero-order valence-corrected chi connectivity index (χ0v) is 10.8. The van der Waals surface area contributed by atoms with Gasteiger partial charge in [0.25, 0.3) is 0 Å². The van der Waals surface area contributed by atoms with Crippen molar-refractivity contribution in [3.8, 4) is 0 Å². The predicted molar refractivity (Wildman–Crippen MR) is 63.4 cm³/mol. The second-order valence-corrected chi connectivity index (χ2v) is 4.37.